The number of carbonyl (C=O) groups excluding carboxylic acids is 1. The molecule has 7 atom stereocenters. The lowest BCUT2D eigenvalue weighted by Crippen LogP contribution is -2.46. The van der Waals surface area contributed by atoms with Crippen molar-refractivity contribution >= 4 is 42.1 Å². The Labute approximate surface area is 240 Å². The van der Waals surface area contributed by atoms with Gasteiger partial charge in [0.15, 0.2) is 11.9 Å². The minimum atomic E-state index is -4.12. The minimum absolute atomic E-state index is 0.0618. The molecule has 0 bridgehead atoms. The summed E-state index contributed by atoms with van der Waals surface area (Å²) >= 11 is 6.62. The third-order valence-electron chi connectivity index (χ3n) is 6.59. The zero-order valence-corrected chi connectivity index (χ0v) is 24.5. The van der Waals surface area contributed by atoms with Gasteiger partial charge in [0.1, 0.15) is 29.5 Å². The average Bonchev–Trinajstić information content (AvgIpc) is 3.42. The Morgan fingerprint density at radius 1 is 1.29 bits per heavy atom. The number of halogens is 2. The van der Waals surface area contributed by atoms with E-state index in [9.17, 15) is 23.7 Å². The molecule has 1 fully saturated rings. The molecule has 0 saturated carbocycles. The molecule has 3 heterocycles. The lowest BCUT2D eigenvalue weighted by atomic mass is 9.97. The number of aliphatic hydroxyl groups is 1. The molecule has 0 aliphatic carbocycles. The number of esters is 1. The minimum Gasteiger partial charge on any atom is -0.463 e. The molecule has 4 N–H and O–H groups in total. The number of nitrogen functional groups attached to an aromatic ring is 1. The number of rotatable bonds is 11. The van der Waals surface area contributed by atoms with Crippen molar-refractivity contribution in [2.45, 2.75) is 63.2 Å². The number of benzene rings is 1. The second kappa shape index (κ2) is 12.1. The summed E-state index contributed by atoms with van der Waals surface area (Å²) in [4.78, 5) is 29.3. The molecular weight excluding hydrogens is 582 g/mol. The van der Waals surface area contributed by atoms with Crippen LogP contribution < -0.4 is 15.8 Å². The van der Waals surface area contributed by atoms with E-state index < -0.39 is 61.1 Å². The van der Waals surface area contributed by atoms with E-state index in [2.05, 4.69) is 9.97 Å². The fraction of sp³-hybridized carbons (Fsp3) is 0.500. The van der Waals surface area contributed by atoms with Gasteiger partial charge >= 0.3 is 13.6 Å². The molecule has 0 amide bonds. The van der Waals surface area contributed by atoms with E-state index in [1.807, 2.05) is 0 Å². The lowest BCUT2D eigenvalue weighted by molar-refractivity contribution is -0.151. The highest BCUT2D eigenvalue weighted by molar-refractivity contribution is 7.54. The molecule has 224 valence electrons. The zero-order chi connectivity index (χ0) is 30.1. The quantitative estimate of drug-likeness (QED) is 0.164. The second-order valence-corrected chi connectivity index (χ2v) is 12.9. The number of ether oxygens (including phenoxy) is 2. The third kappa shape index (κ3) is 6.44. The smallest absolute Gasteiger partial charge is 0.380 e. The predicted octanol–water partition coefficient (Wildman–Crippen LogP) is 3.78. The van der Waals surface area contributed by atoms with E-state index in [-0.39, 0.29) is 35.0 Å². The van der Waals surface area contributed by atoms with Crippen LogP contribution in [0.2, 0.25) is 0 Å². The van der Waals surface area contributed by atoms with Gasteiger partial charge < -0.3 is 29.4 Å². The maximum Gasteiger partial charge on any atom is 0.380 e. The lowest BCUT2D eigenvalue weighted by Gasteiger charge is -2.29. The summed E-state index contributed by atoms with van der Waals surface area (Å²) in [5.41, 5.74) is 5.24. The first-order valence-electron chi connectivity index (χ1n) is 13.0. The highest BCUT2D eigenvalue weighted by atomic mass is 35.5. The summed E-state index contributed by atoms with van der Waals surface area (Å²) in [7, 11) is -4.12. The summed E-state index contributed by atoms with van der Waals surface area (Å²) in [6.45, 7) is 5.13. The van der Waals surface area contributed by atoms with Gasteiger partial charge in [0, 0.05) is 6.20 Å². The summed E-state index contributed by atoms with van der Waals surface area (Å²) in [6, 6.07) is 9.65. The van der Waals surface area contributed by atoms with Crippen LogP contribution >= 0.6 is 19.2 Å². The fourth-order valence-corrected chi connectivity index (χ4v) is 7.00. The molecule has 1 aromatic carbocycles. The Balaban J connectivity index is 1.63. The Kier molecular flexibility index (Phi) is 9.15. The molecule has 1 saturated heterocycles. The second-order valence-electron chi connectivity index (χ2n) is 10.3. The summed E-state index contributed by atoms with van der Waals surface area (Å²) in [5.74, 6) is -1.43. The molecular formula is C26H33ClFN4O8P. The van der Waals surface area contributed by atoms with E-state index in [1.165, 1.54) is 30.7 Å². The molecule has 0 spiro atoms. The number of aromatic nitrogens is 3. The Morgan fingerprint density at radius 2 is 1.98 bits per heavy atom. The van der Waals surface area contributed by atoms with E-state index >= 15 is 0 Å². The summed E-state index contributed by atoms with van der Waals surface area (Å²) < 4.78 is 52.8. The van der Waals surface area contributed by atoms with Crippen LogP contribution in [0.5, 0.6) is 5.75 Å². The van der Waals surface area contributed by atoms with Crippen LogP contribution in [0.4, 0.5) is 10.3 Å². The van der Waals surface area contributed by atoms with Crippen molar-refractivity contribution in [2.24, 2.45) is 5.92 Å². The van der Waals surface area contributed by atoms with E-state index in [1.54, 1.807) is 44.2 Å². The van der Waals surface area contributed by atoms with Crippen molar-refractivity contribution in [3.05, 3.63) is 52.9 Å². The molecule has 1 aliphatic heterocycles. The van der Waals surface area contributed by atoms with Crippen LogP contribution in [0.25, 0.3) is 11.0 Å². The summed E-state index contributed by atoms with van der Waals surface area (Å²) in [6.07, 6.45) is -4.84. The first-order chi connectivity index (χ1) is 19.3. The zero-order valence-electron chi connectivity index (χ0n) is 22.9. The van der Waals surface area contributed by atoms with Crippen molar-refractivity contribution in [3.63, 3.8) is 0 Å². The van der Waals surface area contributed by atoms with Gasteiger partial charge in [-0.2, -0.15) is 4.98 Å². The van der Waals surface area contributed by atoms with E-state index in [0.29, 0.717) is 0 Å². The number of nitrogens with zero attached hydrogens (tertiary/aromatic N) is 2. The van der Waals surface area contributed by atoms with Crippen molar-refractivity contribution in [1.29, 1.82) is 0 Å². The van der Waals surface area contributed by atoms with Crippen molar-refractivity contribution < 1.29 is 37.4 Å². The number of alkyl halides is 2. The molecule has 4 rings (SSSR count). The van der Waals surface area contributed by atoms with Crippen molar-refractivity contribution in [3.8, 4) is 5.75 Å². The van der Waals surface area contributed by atoms with Crippen LogP contribution in [0.15, 0.2) is 47.4 Å². The number of anilines is 1. The van der Waals surface area contributed by atoms with Crippen LogP contribution in [0.3, 0.4) is 0 Å². The number of H-pyrrole nitrogens is 1. The number of aliphatic hydroxyl groups excluding tert-OH is 1. The van der Waals surface area contributed by atoms with Crippen LogP contribution in [-0.4, -0.2) is 67.7 Å². The number of para-hydroxylation sites is 1. The summed E-state index contributed by atoms with van der Waals surface area (Å²) in [5, 5.41) is 11.3. The molecule has 15 heteroatoms. The molecule has 0 radical (unpaired) electrons. The van der Waals surface area contributed by atoms with Gasteiger partial charge in [-0.1, -0.05) is 25.1 Å². The van der Waals surface area contributed by atoms with Crippen molar-refractivity contribution in [2.75, 3.05) is 18.6 Å². The van der Waals surface area contributed by atoms with Crippen LogP contribution in [0, 0.1) is 5.92 Å². The highest BCUT2D eigenvalue weighted by Gasteiger charge is 2.59. The maximum absolute atomic E-state index is 14.5. The maximum atomic E-state index is 14.5. The molecule has 1 aliphatic rings. The van der Waals surface area contributed by atoms with Crippen molar-refractivity contribution in [1.82, 2.24) is 14.5 Å². The number of fused-ring (bicyclic) bond motifs is 1. The standard InChI is InChI=1S/C26H33ClFN4O8P/c1-14(2)37-23(35)15(3)12-41(36,40-17-8-6-5-7-9-17)39-16(4)19-20(33)26(27,13-28)24(38-19)32-11-10-18-21(32)30-25(29)31-22(18)34/h5-11,14-16,19-20,24,33H,12-13H2,1-4H3,(H3,29,30,31,34)/t15-,16-,19-,20+,24-,26?,41?/m1/s1. The fourth-order valence-electron chi connectivity index (χ4n) is 4.63. The highest BCUT2D eigenvalue weighted by Crippen LogP contribution is 2.54. The van der Waals surface area contributed by atoms with Gasteiger partial charge in [-0.15, -0.1) is 11.6 Å². The molecule has 2 aromatic heterocycles. The van der Waals surface area contributed by atoms with E-state index in [4.69, 9.17) is 35.9 Å². The Hall–Kier alpha value is -2.96. The van der Waals surface area contributed by atoms with Gasteiger partial charge in [-0.25, -0.2) is 8.96 Å². The van der Waals surface area contributed by atoms with Gasteiger partial charge in [-0.3, -0.25) is 19.1 Å². The third-order valence-corrected chi connectivity index (χ3v) is 9.23. The first-order valence-corrected chi connectivity index (χ1v) is 15.1. The van der Waals surface area contributed by atoms with E-state index in [0.717, 1.165) is 0 Å². The number of aromatic amines is 1. The largest absolute Gasteiger partial charge is 0.463 e. The van der Waals surface area contributed by atoms with Gasteiger partial charge in [0.25, 0.3) is 5.56 Å². The number of carbonyl (C=O) groups is 1. The van der Waals surface area contributed by atoms with Crippen LogP contribution in [0.1, 0.15) is 33.9 Å². The SMILES string of the molecule is CC(C)OC(=O)[C@H](C)CP(=O)(Oc1ccccc1)O[C@H](C)[C@H]1O[C@@H](n2ccc3c(=O)[nH]c(N)nc32)C(Cl)(CF)[C@H]1O. The molecule has 3 aromatic rings. The number of hydrogen-bond donors (Lipinski definition) is 3. The Bertz CT molecular complexity index is 1490. The normalized spacial score (nSPS) is 25.6. The van der Waals surface area contributed by atoms with Gasteiger partial charge in [0.05, 0.1) is 29.7 Å². The predicted molar refractivity (Wildman–Crippen MR) is 150 cm³/mol. The topological polar surface area (TPSA) is 168 Å². The van der Waals surface area contributed by atoms with Crippen LogP contribution in [-0.2, 0) is 23.4 Å². The first kappa shape index (κ1) is 31.0. The van der Waals surface area contributed by atoms with Gasteiger partial charge in [-0.05, 0) is 39.0 Å². The molecule has 12 nitrogen and oxygen atoms in total. The van der Waals surface area contributed by atoms with Gasteiger partial charge in [0.2, 0.25) is 5.95 Å². The average molecular weight is 615 g/mol. The monoisotopic (exact) mass is 614 g/mol. The Morgan fingerprint density at radius 3 is 2.61 bits per heavy atom. The number of nitrogens with one attached hydrogen (secondary N) is 1. The number of nitrogens with two attached hydrogens (primary N) is 1. The molecule has 2 unspecified atom stereocenters. The number of hydrogen-bond acceptors (Lipinski definition) is 10. The molecule has 41 heavy (non-hydrogen) atoms.